The molecule has 0 bridgehead atoms. The molecule has 4 aromatic rings. The number of tetrazole rings is 1. The number of carbonyl (C=O) groups excluding carboxylic acids is 2. The molecule has 0 radical (unpaired) electrons. The molecular weight excluding hydrogens is 549 g/mol. The number of aromatic nitrogens is 6. The van der Waals surface area contributed by atoms with E-state index in [0.29, 0.717) is 17.0 Å². The number of nitrogens with one attached hydrogen (secondary N) is 3. The predicted octanol–water partition coefficient (Wildman–Crippen LogP) is 5.12. The van der Waals surface area contributed by atoms with Gasteiger partial charge in [-0.3, -0.25) is 19.6 Å². The summed E-state index contributed by atoms with van der Waals surface area (Å²) in [6.45, 7) is 6.81. The van der Waals surface area contributed by atoms with Crippen molar-refractivity contribution in [3.05, 3.63) is 76.7 Å². The number of nitrogens with zero attached hydrogens (tertiary/aromatic N) is 5. The summed E-state index contributed by atoms with van der Waals surface area (Å²) in [7, 11) is 0. The van der Waals surface area contributed by atoms with Crippen LogP contribution in [0.15, 0.2) is 42.5 Å². The van der Waals surface area contributed by atoms with Gasteiger partial charge in [0.15, 0.2) is 17.5 Å². The SMILES string of the molecule is CC(C)(C)C1CCC(NC(=O)c2cc(-c3cc(F)c(F)c(F)c3)nn2Cc2ccc(C(=O)Nc3nnn[nH]3)cc2)CC1. The summed E-state index contributed by atoms with van der Waals surface area (Å²) in [5.74, 6) is -4.40. The summed E-state index contributed by atoms with van der Waals surface area (Å²) in [6, 6.07) is 9.70. The molecule has 0 saturated heterocycles. The molecule has 5 rings (SSSR count). The predicted molar refractivity (Wildman–Crippen MR) is 148 cm³/mol. The number of rotatable bonds is 7. The van der Waals surface area contributed by atoms with E-state index in [1.54, 1.807) is 24.3 Å². The van der Waals surface area contributed by atoms with Crippen molar-refractivity contribution < 1.29 is 22.8 Å². The number of aromatic amines is 1. The fraction of sp³-hybridized carbons (Fsp3) is 0.379. The second kappa shape index (κ2) is 11.7. The third-order valence-electron chi connectivity index (χ3n) is 7.71. The Balaban J connectivity index is 1.37. The molecule has 1 aliphatic carbocycles. The van der Waals surface area contributed by atoms with Crippen LogP contribution in [0.3, 0.4) is 0 Å². The molecule has 2 aromatic heterocycles. The molecule has 13 heteroatoms. The standard InChI is InChI=1S/C29H31F3N8O2/c1-29(2,3)19-8-10-20(11-9-19)33-27(42)24-14-23(18-12-21(30)25(32)22(31)13-18)37-40(24)15-16-4-6-17(7-5-16)26(41)34-28-35-38-39-36-28/h4-7,12-14,19-20H,8-11,15H2,1-3H3,(H,33,42)(H2,34,35,36,38,39,41). The number of carbonyl (C=O) groups is 2. The molecule has 0 spiro atoms. The van der Waals surface area contributed by atoms with Crippen molar-refractivity contribution in [2.24, 2.45) is 11.3 Å². The lowest BCUT2D eigenvalue weighted by Gasteiger charge is -2.37. The summed E-state index contributed by atoms with van der Waals surface area (Å²) in [4.78, 5) is 25.9. The monoisotopic (exact) mass is 580 g/mol. The molecule has 1 saturated carbocycles. The Labute approximate surface area is 240 Å². The van der Waals surface area contributed by atoms with E-state index in [9.17, 15) is 22.8 Å². The van der Waals surface area contributed by atoms with E-state index in [4.69, 9.17) is 0 Å². The van der Waals surface area contributed by atoms with Gasteiger partial charge in [-0.05, 0) is 83.3 Å². The molecule has 220 valence electrons. The van der Waals surface area contributed by atoms with E-state index in [0.717, 1.165) is 37.8 Å². The number of hydrogen-bond donors (Lipinski definition) is 3. The van der Waals surface area contributed by atoms with Crippen LogP contribution in [-0.2, 0) is 6.54 Å². The molecule has 2 amide bonds. The van der Waals surface area contributed by atoms with E-state index in [1.807, 2.05) is 0 Å². The van der Waals surface area contributed by atoms with Crippen molar-refractivity contribution in [3.63, 3.8) is 0 Å². The molecule has 1 fully saturated rings. The minimum atomic E-state index is -1.58. The first-order valence-corrected chi connectivity index (χ1v) is 13.7. The van der Waals surface area contributed by atoms with Crippen molar-refractivity contribution in [3.8, 4) is 11.3 Å². The summed E-state index contributed by atoms with van der Waals surface area (Å²) in [5.41, 5.74) is 1.56. The summed E-state index contributed by atoms with van der Waals surface area (Å²) >= 11 is 0. The van der Waals surface area contributed by atoms with Crippen LogP contribution in [0.5, 0.6) is 0 Å². The van der Waals surface area contributed by atoms with E-state index >= 15 is 0 Å². The molecule has 2 aromatic carbocycles. The van der Waals surface area contributed by atoms with Crippen LogP contribution >= 0.6 is 0 Å². The van der Waals surface area contributed by atoms with Crippen LogP contribution in [0.2, 0.25) is 0 Å². The molecule has 0 unspecified atom stereocenters. The molecular formula is C29H31F3N8O2. The van der Waals surface area contributed by atoms with E-state index in [-0.39, 0.29) is 46.8 Å². The van der Waals surface area contributed by atoms with Gasteiger partial charge in [-0.15, -0.1) is 0 Å². The zero-order valence-corrected chi connectivity index (χ0v) is 23.4. The fourth-order valence-electron chi connectivity index (χ4n) is 5.25. The maximum atomic E-state index is 14.0. The number of anilines is 1. The maximum Gasteiger partial charge on any atom is 0.269 e. The molecule has 10 nitrogen and oxygen atoms in total. The Morgan fingerprint density at radius 3 is 2.24 bits per heavy atom. The second-order valence-corrected chi connectivity index (χ2v) is 11.6. The third kappa shape index (κ3) is 6.50. The van der Waals surface area contributed by atoms with Gasteiger partial charge < -0.3 is 5.32 Å². The summed E-state index contributed by atoms with van der Waals surface area (Å²) < 4.78 is 43.1. The smallest absolute Gasteiger partial charge is 0.269 e. The van der Waals surface area contributed by atoms with Crippen molar-refractivity contribution >= 4 is 17.8 Å². The van der Waals surface area contributed by atoms with Gasteiger partial charge >= 0.3 is 0 Å². The Bertz CT molecular complexity index is 1550. The Hall–Kier alpha value is -4.55. The number of amides is 2. The molecule has 2 heterocycles. The molecule has 1 aliphatic rings. The van der Waals surface area contributed by atoms with Gasteiger partial charge in [-0.2, -0.15) is 5.10 Å². The van der Waals surface area contributed by atoms with Gasteiger partial charge in [-0.1, -0.05) is 38.0 Å². The molecule has 42 heavy (non-hydrogen) atoms. The first kappa shape index (κ1) is 29.0. The quantitative estimate of drug-likeness (QED) is 0.260. The summed E-state index contributed by atoms with van der Waals surface area (Å²) in [5, 5.41) is 22.9. The van der Waals surface area contributed by atoms with Crippen molar-refractivity contribution in [2.75, 3.05) is 5.32 Å². The van der Waals surface area contributed by atoms with E-state index in [2.05, 4.69) is 57.1 Å². The maximum absolute atomic E-state index is 14.0. The van der Waals surface area contributed by atoms with Crippen LogP contribution in [0, 0.1) is 28.8 Å². The largest absolute Gasteiger partial charge is 0.348 e. The average Bonchev–Trinajstić information content (AvgIpc) is 3.62. The minimum Gasteiger partial charge on any atom is -0.348 e. The Morgan fingerprint density at radius 2 is 1.64 bits per heavy atom. The summed E-state index contributed by atoms with van der Waals surface area (Å²) in [6.07, 6.45) is 3.69. The molecule has 3 N–H and O–H groups in total. The van der Waals surface area contributed by atoms with Crippen LogP contribution < -0.4 is 10.6 Å². The number of hydrogen-bond acceptors (Lipinski definition) is 6. The second-order valence-electron chi connectivity index (χ2n) is 11.6. The average molecular weight is 581 g/mol. The Morgan fingerprint density at radius 1 is 0.976 bits per heavy atom. The fourth-order valence-corrected chi connectivity index (χ4v) is 5.25. The highest BCUT2D eigenvalue weighted by Crippen LogP contribution is 2.37. The van der Waals surface area contributed by atoms with Gasteiger partial charge in [0.1, 0.15) is 5.69 Å². The molecule has 0 aliphatic heterocycles. The first-order valence-electron chi connectivity index (χ1n) is 13.7. The zero-order valence-electron chi connectivity index (χ0n) is 23.4. The van der Waals surface area contributed by atoms with Gasteiger partial charge in [0.05, 0.1) is 12.2 Å². The lowest BCUT2D eigenvalue weighted by molar-refractivity contribution is 0.0893. The van der Waals surface area contributed by atoms with Crippen LogP contribution in [0.4, 0.5) is 19.1 Å². The van der Waals surface area contributed by atoms with Crippen molar-refractivity contribution in [2.45, 2.75) is 59.0 Å². The van der Waals surface area contributed by atoms with E-state index < -0.39 is 23.4 Å². The third-order valence-corrected chi connectivity index (χ3v) is 7.71. The normalized spacial score (nSPS) is 17.2. The lowest BCUT2D eigenvalue weighted by Crippen LogP contribution is -2.40. The van der Waals surface area contributed by atoms with Gasteiger partial charge in [0, 0.05) is 17.2 Å². The van der Waals surface area contributed by atoms with E-state index in [1.165, 1.54) is 10.7 Å². The van der Waals surface area contributed by atoms with Crippen LogP contribution in [0.1, 0.15) is 72.9 Å². The number of benzene rings is 2. The lowest BCUT2D eigenvalue weighted by atomic mass is 9.71. The minimum absolute atomic E-state index is 0.00110. The van der Waals surface area contributed by atoms with Gasteiger partial charge in [-0.25, -0.2) is 18.3 Å². The first-order chi connectivity index (χ1) is 20.0. The number of halogens is 3. The highest BCUT2D eigenvalue weighted by Gasteiger charge is 2.31. The highest BCUT2D eigenvalue weighted by molar-refractivity contribution is 6.03. The van der Waals surface area contributed by atoms with Gasteiger partial charge in [0.25, 0.3) is 11.8 Å². The number of H-pyrrole nitrogens is 1. The Kier molecular flexibility index (Phi) is 8.10. The highest BCUT2D eigenvalue weighted by atomic mass is 19.2. The van der Waals surface area contributed by atoms with Gasteiger partial charge in [0.2, 0.25) is 5.95 Å². The topological polar surface area (TPSA) is 130 Å². The van der Waals surface area contributed by atoms with Crippen LogP contribution in [0.25, 0.3) is 11.3 Å². The van der Waals surface area contributed by atoms with Crippen molar-refractivity contribution in [1.29, 1.82) is 0 Å². The molecule has 0 atom stereocenters. The van der Waals surface area contributed by atoms with Crippen LogP contribution in [-0.4, -0.2) is 48.3 Å². The zero-order chi connectivity index (χ0) is 30.0. The van der Waals surface area contributed by atoms with Crippen molar-refractivity contribution in [1.82, 2.24) is 35.7 Å².